The van der Waals surface area contributed by atoms with Gasteiger partial charge < -0.3 is 29.3 Å². The summed E-state index contributed by atoms with van der Waals surface area (Å²) < 4.78 is 2.31. The van der Waals surface area contributed by atoms with Crippen molar-refractivity contribution in [2.45, 2.75) is 12.8 Å². The smallest absolute Gasteiger partial charge is 0.177 e. The van der Waals surface area contributed by atoms with E-state index in [2.05, 4.69) is 35.1 Å². The Balaban J connectivity index is 0.00000128. The van der Waals surface area contributed by atoms with Crippen LogP contribution in [-0.2, 0) is 0 Å². The fraction of sp³-hybridized carbons (Fsp3) is 0.308. The number of hydrogen-bond acceptors (Lipinski definition) is 1. The van der Waals surface area contributed by atoms with Crippen molar-refractivity contribution in [3.63, 3.8) is 0 Å². The minimum atomic E-state index is 0. The van der Waals surface area contributed by atoms with E-state index in [1.165, 1.54) is 25.1 Å². The van der Waals surface area contributed by atoms with Crippen LogP contribution in [0.1, 0.15) is 12.8 Å². The molecule has 0 bridgehead atoms. The number of para-hydroxylation sites is 1. The summed E-state index contributed by atoms with van der Waals surface area (Å²) in [5.74, 6) is 0. The summed E-state index contributed by atoms with van der Waals surface area (Å²) in [6, 6.07) is 10.2. The average Bonchev–Trinajstić information content (AvgIpc) is 2.66. The van der Waals surface area contributed by atoms with Gasteiger partial charge in [-0.25, -0.2) is 4.58 Å². The van der Waals surface area contributed by atoms with E-state index >= 15 is 0 Å². The molecule has 1 aliphatic heterocycles. The lowest BCUT2D eigenvalue weighted by molar-refractivity contribution is -0.487. The Morgan fingerprint density at radius 3 is 2.62 bits per heavy atom. The number of rotatable bonds is 3. The van der Waals surface area contributed by atoms with Crippen LogP contribution in [0.2, 0.25) is 0 Å². The molecule has 0 fully saturated rings. The third-order valence-corrected chi connectivity index (χ3v) is 2.72. The van der Waals surface area contributed by atoms with Gasteiger partial charge in [-0.3, -0.25) is 0 Å². The number of anilines is 1. The Hall–Kier alpha value is -0.840. The summed E-state index contributed by atoms with van der Waals surface area (Å²) >= 11 is 0. The molecular formula is C13H17IN2. The fourth-order valence-corrected chi connectivity index (χ4v) is 1.81. The van der Waals surface area contributed by atoms with Gasteiger partial charge in [-0.2, -0.15) is 0 Å². The topological polar surface area (TPSA) is 15.0 Å². The molecule has 1 aromatic rings. The highest BCUT2D eigenvalue weighted by Crippen LogP contribution is 2.06. The first kappa shape index (κ1) is 13.2. The lowest BCUT2D eigenvalue weighted by atomic mass is 10.2. The molecular weight excluding hydrogens is 311 g/mol. The van der Waals surface area contributed by atoms with Crippen LogP contribution in [0.25, 0.3) is 0 Å². The van der Waals surface area contributed by atoms with Gasteiger partial charge in [0.1, 0.15) is 13.6 Å². The fourth-order valence-electron chi connectivity index (χ4n) is 1.81. The average molecular weight is 328 g/mol. The second kappa shape index (κ2) is 6.68. The largest absolute Gasteiger partial charge is 1.00 e. The molecule has 0 spiro atoms. The molecule has 86 valence electrons. The van der Waals surface area contributed by atoms with E-state index in [4.69, 9.17) is 0 Å². The molecule has 0 saturated heterocycles. The van der Waals surface area contributed by atoms with Crippen LogP contribution >= 0.6 is 0 Å². The van der Waals surface area contributed by atoms with Gasteiger partial charge >= 0.3 is 0 Å². The molecule has 0 amide bonds. The SMILES string of the molecule is C[N+]1=C(C=CNc2ccccc2)CCC1.[I-]. The van der Waals surface area contributed by atoms with Crippen molar-refractivity contribution >= 4 is 11.4 Å². The molecule has 1 aliphatic rings. The predicted octanol–water partition coefficient (Wildman–Crippen LogP) is -0.507. The maximum absolute atomic E-state index is 3.26. The van der Waals surface area contributed by atoms with E-state index in [0.29, 0.717) is 0 Å². The molecule has 0 saturated carbocycles. The Kier molecular flexibility index (Phi) is 5.52. The third-order valence-electron chi connectivity index (χ3n) is 2.72. The Morgan fingerprint density at radius 2 is 2.00 bits per heavy atom. The third kappa shape index (κ3) is 3.63. The minimum Gasteiger partial charge on any atom is -1.00 e. The number of nitrogens with one attached hydrogen (secondary N) is 1. The molecule has 1 aromatic carbocycles. The number of halogens is 1. The highest BCUT2D eigenvalue weighted by Gasteiger charge is 2.14. The lowest BCUT2D eigenvalue weighted by Crippen LogP contribution is -3.00. The molecule has 0 aliphatic carbocycles. The van der Waals surface area contributed by atoms with Crippen molar-refractivity contribution in [2.24, 2.45) is 0 Å². The summed E-state index contributed by atoms with van der Waals surface area (Å²) in [4.78, 5) is 0. The molecule has 0 unspecified atom stereocenters. The van der Waals surface area contributed by atoms with Crippen LogP contribution in [0.15, 0.2) is 42.6 Å². The molecule has 1 heterocycles. The molecule has 0 atom stereocenters. The van der Waals surface area contributed by atoms with Crippen LogP contribution in [0.3, 0.4) is 0 Å². The number of nitrogens with zero attached hydrogens (tertiary/aromatic N) is 1. The van der Waals surface area contributed by atoms with Crippen LogP contribution < -0.4 is 29.3 Å². The standard InChI is InChI=1S/C13H16N2.HI/c1-15-11-5-8-13(15)9-10-14-12-6-3-2-4-7-12;/h2-4,6-7,9-10H,5,8,11H2,1H3;1H. The van der Waals surface area contributed by atoms with Gasteiger partial charge in [-0.1, -0.05) is 18.2 Å². The maximum Gasteiger partial charge on any atom is 0.177 e. The molecule has 0 radical (unpaired) electrons. The second-order valence-electron chi connectivity index (χ2n) is 3.86. The van der Waals surface area contributed by atoms with Crippen molar-refractivity contribution in [3.8, 4) is 0 Å². The normalized spacial score (nSPS) is 15.3. The van der Waals surface area contributed by atoms with Crippen LogP contribution in [-0.4, -0.2) is 23.9 Å². The van der Waals surface area contributed by atoms with Crippen molar-refractivity contribution in [3.05, 3.63) is 42.6 Å². The number of allylic oxidation sites excluding steroid dienone is 1. The zero-order valence-electron chi connectivity index (χ0n) is 9.49. The summed E-state index contributed by atoms with van der Waals surface area (Å²) in [5, 5.41) is 3.26. The first-order valence-corrected chi connectivity index (χ1v) is 5.41. The zero-order chi connectivity index (χ0) is 10.5. The van der Waals surface area contributed by atoms with E-state index < -0.39 is 0 Å². The van der Waals surface area contributed by atoms with E-state index in [1.807, 2.05) is 24.4 Å². The highest BCUT2D eigenvalue weighted by molar-refractivity contribution is 5.91. The first-order chi connectivity index (χ1) is 7.36. The summed E-state index contributed by atoms with van der Waals surface area (Å²) in [6.07, 6.45) is 6.66. The van der Waals surface area contributed by atoms with Gasteiger partial charge in [0.05, 0.1) is 0 Å². The number of benzene rings is 1. The van der Waals surface area contributed by atoms with Crippen molar-refractivity contribution in [1.29, 1.82) is 0 Å². The molecule has 1 N–H and O–H groups in total. The van der Waals surface area contributed by atoms with Gasteiger partial charge in [0.2, 0.25) is 0 Å². The van der Waals surface area contributed by atoms with E-state index in [9.17, 15) is 0 Å². The molecule has 16 heavy (non-hydrogen) atoms. The van der Waals surface area contributed by atoms with Crippen LogP contribution in [0.4, 0.5) is 5.69 Å². The predicted molar refractivity (Wildman–Crippen MR) is 64.5 cm³/mol. The van der Waals surface area contributed by atoms with Crippen molar-refractivity contribution in [2.75, 3.05) is 18.9 Å². The molecule has 3 heteroatoms. The van der Waals surface area contributed by atoms with Crippen LogP contribution in [0.5, 0.6) is 0 Å². The summed E-state index contributed by atoms with van der Waals surface area (Å²) in [5.41, 5.74) is 2.55. The van der Waals surface area contributed by atoms with Gasteiger partial charge in [0.15, 0.2) is 5.71 Å². The monoisotopic (exact) mass is 328 g/mol. The molecule has 0 aromatic heterocycles. The summed E-state index contributed by atoms with van der Waals surface area (Å²) in [6.45, 7) is 1.19. The van der Waals surface area contributed by atoms with E-state index in [-0.39, 0.29) is 24.0 Å². The van der Waals surface area contributed by atoms with E-state index in [0.717, 1.165) is 5.69 Å². The maximum atomic E-state index is 3.26. The zero-order valence-corrected chi connectivity index (χ0v) is 11.6. The molecule has 2 rings (SSSR count). The first-order valence-electron chi connectivity index (χ1n) is 5.41. The van der Waals surface area contributed by atoms with Gasteiger partial charge in [-0.15, -0.1) is 0 Å². The minimum absolute atomic E-state index is 0. The summed E-state index contributed by atoms with van der Waals surface area (Å²) in [7, 11) is 2.15. The molecule has 2 nitrogen and oxygen atoms in total. The van der Waals surface area contributed by atoms with E-state index in [1.54, 1.807) is 0 Å². The Morgan fingerprint density at radius 1 is 1.25 bits per heavy atom. The van der Waals surface area contributed by atoms with Gasteiger partial charge in [0.25, 0.3) is 0 Å². The van der Waals surface area contributed by atoms with Gasteiger partial charge in [-0.05, 0) is 12.1 Å². The Labute approximate surface area is 114 Å². The highest BCUT2D eigenvalue weighted by atomic mass is 127. The van der Waals surface area contributed by atoms with Crippen LogP contribution in [0, 0.1) is 0 Å². The number of hydrogen-bond donors (Lipinski definition) is 1. The van der Waals surface area contributed by atoms with Gasteiger partial charge in [0, 0.05) is 30.8 Å². The lowest BCUT2D eigenvalue weighted by Gasteiger charge is -1.98. The quantitative estimate of drug-likeness (QED) is 0.584. The van der Waals surface area contributed by atoms with Crippen molar-refractivity contribution in [1.82, 2.24) is 0 Å². The van der Waals surface area contributed by atoms with Crippen molar-refractivity contribution < 1.29 is 28.6 Å². The second-order valence-corrected chi connectivity index (χ2v) is 3.86. The Bertz CT molecular complexity index is 382.